The van der Waals surface area contributed by atoms with Crippen molar-refractivity contribution in [2.75, 3.05) is 13.7 Å². The highest BCUT2D eigenvalue weighted by molar-refractivity contribution is 9.10. The first-order chi connectivity index (χ1) is 6.69. The molecule has 1 rings (SSSR count). The van der Waals surface area contributed by atoms with Crippen molar-refractivity contribution in [1.82, 2.24) is 0 Å². The normalized spacial score (nSPS) is 10.3. The van der Waals surface area contributed by atoms with Gasteiger partial charge in [-0.25, -0.2) is 4.39 Å². The second-order valence-corrected chi connectivity index (χ2v) is 3.82. The molecule has 0 bridgehead atoms. The highest BCUT2D eigenvalue weighted by atomic mass is 79.9. The molecule has 0 aromatic heterocycles. The number of halogens is 2. The third-order valence-electron chi connectivity index (χ3n) is 1.97. The maximum atomic E-state index is 13.4. The topological polar surface area (TPSA) is 35.2 Å². The largest absolute Gasteiger partial charge is 0.496 e. The molecule has 14 heavy (non-hydrogen) atoms. The minimum Gasteiger partial charge on any atom is -0.496 e. The monoisotopic (exact) mass is 261 g/mol. The van der Waals surface area contributed by atoms with Crippen LogP contribution in [0.1, 0.15) is 12.0 Å². The minimum atomic E-state index is -0.217. The fourth-order valence-electron chi connectivity index (χ4n) is 1.21. The summed E-state index contributed by atoms with van der Waals surface area (Å²) < 4.78 is 19.1. The second-order valence-electron chi connectivity index (χ2n) is 2.97. The smallest absolute Gasteiger partial charge is 0.133 e. The van der Waals surface area contributed by atoms with Crippen molar-refractivity contribution >= 4 is 15.9 Å². The Hall–Kier alpha value is -0.610. The summed E-state index contributed by atoms with van der Waals surface area (Å²) in [7, 11) is 1.56. The van der Waals surface area contributed by atoms with Crippen LogP contribution in [0.15, 0.2) is 16.6 Å². The highest BCUT2D eigenvalue weighted by Gasteiger charge is 2.07. The Kier molecular flexibility index (Phi) is 4.35. The van der Waals surface area contributed by atoms with Crippen molar-refractivity contribution < 1.29 is 9.13 Å². The lowest BCUT2D eigenvalue weighted by Crippen LogP contribution is -2.02. The number of hydrogen-bond donors (Lipinski definition) is 1. The van der Waals surface area contributed by atoms with Gasteiger partial charge < -0.3 is 10.5 Å². The van der Waals surface area contributed by atoms with E-state index in [1.807, 2.05) is 0 Å². The Bertz CT molecular complexity index is 317. The maximum Gasteiger partial charge on any atom is 0.133 e. The van der Waals surface area contributed by atoms with Crippen molar-refractivity contribution in [3.8, 4) is 5.75 Å². The summed E-state index contributed by atoms with van der Waals surface area (Å²) in [6.45, 7) is 0.567. The van der Waals surface area contributed by atoms with Gasteiger partial charge in [0.2, 0.25) is 0 Å². The van der Waals surface area contributed by atoms with Crippen molar-refractivity contribution in [3.63, 3.8) is 0 Å². The van der Waals surface area contributed by atoms with Crippen molar-refractivity contribution in [2.45, 2.75) is 12.8 Å². The fourth-order valence-corrected chi connectivity index (χ4v) is 1.69. The molecule has 0 amide bonds. The van der Waals surface area contributed by atoms with Crippen LogP contribution in [-0.4, -0.2) is 13.7 Å². The third-order valence-corrected chi connectivity index (χ3v) is 2.59. The first-order valence-corrected chi connectivity index (χ1v) is 5.20. The molecule has 2 nitrogen and oxygen atoms in total. The van der Waals surface area contributed by atoms with E-state index in [4.69, 9.17) is 10.5 Å². The first kappa shape index (κ1) is 11.5. The standard InChI is InChI=1S/C10H13BrFNO/c1-14-10-5-7(3-2-4-13)9(12)6-8(10)11/h5-6H,2-4,13H2,1H3. The predicted molar refractivity (Wildman–Crippen MR) is 58.0 cm³/mol. The van der Waals surface area contributed by atoms with Crippen molar-refractivity contribution in [2.24, 2.45) is 5.73 Å². The van der Waals surface area contributed by atoms with E-state index in [1.54, 1.807) is 13.2 Å². The molecule has 0 radical (unpaired) electrons. The van der Waals surface area contributed by atoms with Gasteiger partial charge in [-0.2, -0.15) is 0 Å². The summed E-state index contributed by atoms with van der Waals surface area (Å²) in [4.78, 5) is 0. The van der Waals surface area contributed by atoms with E-state index in [0.717, 1.165) is 6.42 Å². The van der Waals surface area contributed by atoms with Crippen LogP contribution in [0.2, 0.25) is 0 Å². The zero-order chi connectivity index (χ0) is 10.6. The summed E-state index contributed by atoms with van der Waals surface area (Å²) in [6.07, 6.45) is 1.42. The molecule has 1 aromatic rings. The average Bonchev–Trinajstić information content (AvgIpc) is 2.17. The molecule has 1 aromatic carbocycles. The van der Waals surface area contributed by atoms with E-state index in [0.29, 0.717) is 28.8 Å². The zero-order valence-electron chi connectivity index (χ0n) is 8.02. The molecule has 0 saturated heterocycles. The molecule has 0 fully saturated rings. The summed E-state index contributed by atoms with van der Waals surface area (Å²) >= 11 is 3.22. The molecule has 0 aliphatic carbocycles. The van der Waals surface area contributed by atoms with Gasteiger partial charge in [0.05, 0.1) is 11.6 Å². The van der Waals surface area contributed by atoms with E-state index in [2.05, 4.69) is 15.9 Å². The third kappa shape index (κ3) is 2.69. The highest BCUT2D eigenvalue weighted by Crippen LogP contribution is 2.28. The number of benzene rings is 1. The van der Waals surface area contributed by atoms with Gasteiger partial charge in [-0.15, -0.1) is 0 Å². The summed E-state index contributed by atoms with van der Waals surface area (Å²) in [6, 6.07) is 3.12. The van der Waals surface area contributed by atoms with Crippen molar-refractivity contribution in [1.29, 1.82) is 0 Å². The summed E-state index contributed by atoms with van der Waals surface area (Å²) in [5.41, 5.74) is 6.01. The Balaban J connectivity index is 2.92. The Morgan fingerprint density at radius 2 is 2.21 bits per heavy atom. The molecule has 0 unspecified atom stereocenters. The van der Waals surface area contributed by atoms with Crippen molar-refractivity contribution in [3.05, 3.63) is 28.0 Å². The van der Waals surface area contributed by atoms with Gasteiger partial charge in [0.15, 0.2) is 0 Å². The second kappa shape index (κ2) is 5.32. The molecule has 0 heterocycles. The van der Waals surface area contributed by atoms with Gasteiger partial charge in [-0.05, 0) is 53.0 Å². The number of ether oxygens (including phenoxy) is 1. The van der Waals surface area contributed by atoms with E-state index in [9.17, 15) is 4.39 Å². The van der Waals surface area contributed by atoms with Crippen LogP contribution >= 0.6 is 15.9 Å². The number of hydrogen-bond acceptors (Lipinski definition) is 2. The maximum absolute atomic E-state index is 13.4. The molecular weight excluding hydrogens is 249 g/mol. The van der Waals surface area contributed by atoms with E-state index in [-0.39, 0.29) is 5.82 Å². The molecule has 0 atom stereocenters. The van der Waals surface area contributed by atoms with E-state index >= 15 is 0 Å². The lowest BCUT2D eigenvalue weighted by Gasteiger charge is -2.07. The Labute approximate surface area is 91.4 Å². The van der Waals surface area contributed by atoms with Gasteiger partial charge in [-0.1, -0.05) is 0 Å². The molecule has 0 spiro atoms. The Morgan fingerprint density at radius 3 is 2.79 bits per heavy atom. The summed E-state index contributed by atoms with van der Waals surface area (Å²) in [5, 5.41) is 0. The van der Waals surface area contributed by atoms with Crippen LogP contribution in [0.5, 0.6) is 5.75 Å². The van der Waals surface area contributed by atoms with E-state index < -0.39 is 0 Å². The average molecular weight is 262 g/mol. The SMILES string of the molecule is COc1cc(CCCN)c(F)cc1Br. The molecule has 0 aliphatic rings. The van der Waals surface area contributed by atoms with Gasteiger partial charge in [0, 0.05) is 0 Å². The summed E-state index contributed by atoms with van der Waals surface area (Å²) in [5.74, 6) is 0.435. The lowest BCUT2D eigenvalue weighted by molar-refractivity contribution is 0.410. The predicted octanol–water partition coefficient (Wildman–Crippen LogP) is 2.49. The molecule has 0 aliphatic heterocycles. The van der Waals surface area contributed by atoms with Crippen LogP contribution < -0.4 is 10.5 Å². The van der Waals surface area contributed by atoms with Gasteiger partial charge in [-0.3, -0.25) is 0 Å². The number of rotatable bonds is 4. The number of methoxy groups -OCH3 is 1. The first-order valence-electron chi connectivity index (χ1n) is 4.41. The molecular formula is C10H13BrFNO. The molecule has 2 N–H and O–H groups in total. The zero-order valence-corrected chi connectivity index (χ0v) is 9.60. The molecule has 78 valence electrons. The minimum absolute atomic E-state index is 0.217. The van der Waals surface area contributed by atoms with Gasteiger partial charge >= 0.3 is 0 Å². The quantitative estimate of drug-likeness (QED) is 0.904. The molecule has 0 saturated carbocycles. The van der Waals surface area contributed by atoms with Crippen LogP contribution in [0.3, 0.4) is 0 Å². The van der Waals surface area contributed by atoms with Crippen LogP contribution in [0, 0.1) is 5.82 Å². The van der Waals surface area contributed by atoms with E-state index in [1.165, 1.54) is 6.07 Å². The van der Waals surface area contributed by atoms with Crippen LogP contribution in [0.25, 0.3) is 0 Å². The molecule has 4 heteroatoms. The van der Waals surface area contributed by atoms with Gasteiger partial charge in [0.1, 0.15) is 11.6 Å². The van der Waals surface area contributed by atoms with Crippen LogP contribution in [-0.2, 0) is 6.42 Å². The number of aryl methyl sites for hydroxylation is 1. The Morgan fingerprint density at radius 1 is 1.50 bits per heavy atom. The lowest BCUT2D eigenvalue weighted by atomic mass is 10.1. The van der Waals surface area contributed by atoms with Crippen LogP contribution in [0.4, 0.5) is 4.39 Å². The number of nitrogens with two attached hydrogens (primary N) is 1. The fraction of sp³-hybridized carbons (Fsp3) is 0.400. The van der Waals surface area contributed by atoms with Gasteiger partial charge in [0.25, 0.3) is 0 Å².